The summed E-state index contributed by atoms with van der Waals surface area (Å²) in [5.74, 6) is 0. The van der Waals surface area contributed by atoms with Crippen LogP contribution in [0.1, 0.15) is 11.1 Å². The van der Waals surface area contributed by atoms with Gasteiger partial charge in [-0.15, -0.1) is 0 Å². The fraction of sp³-hybridized carbons (Fsp3) is 0.200. The van der Waals surface area contributed by atoms with E-state index in [2.05, 4.69) is 51.6 Å². The Labute approximate surface area is 121 Å². The highest BCUT2D eigenvalue weighted by Gasteiger charge is 1.98. The van der Waals surface area contributed by atoms with Gasteiger partial charge in [0, 0.05) is 11.0 Å². The third kappa shape index (κ3) is 4.13. The summed E-state index contributed by atoms with van der Waals surface area (Å²) in [6.07, 6.45) is 1.05. The van der Waals surface area contributed by atoms with Crippen molar-refractivity contribution in [1.29, 1.82) is 0 Å². The first-order chi connectivity index (χ1) is 8.75. The van der Waals surface area contributed by atoms with Crippen LogP contribution in [0.25, 0.3) is 0 Å². The molecular weight excluding hydrogens is 310 g/mol. The maximum Gasteiger partial charge on any atom is 0.0548 e. The van der Waals surface area contributed by atoms with Crippen LogP contribution in [-0.4, -0.2) is 6.54 Å². The van der Waals surface area contributed by atoms with Crippen molar-refractivity contribution in [3.05, 3.63) is 69.2 Å². The second-order valence-corrected chi connectivity index (χ2v) is 5.42. The second-order valence-electron chi connectivity index (χ2n) is 4.16. The Balaban J connectivity index is 1.77. The lowest BCUT2D eigenvalue weighted by atomic mass is 10.1. The molecule has 0 spiro atoms. The minimum Gasteiger partial charge on any atom is -0.312 e. The number of hydrogen-bond acceptors (Lipinski definition) is 1. The Hall–Kier alpha value is -0.830. The van der Waals surface area contributed by atoms with E-state index in [4.69, 9.17) is 11.6 Å². The highest BCUT2D eigenvalue weighted by molar-refractivity contribution is 9.10. The summed E-state index contributed by atoms with van der Waals surface area (Å²) in [5, 5.41) is 4.19. The average molecular weight is 325 g/mol. The molecule has 0 aliphatic rings. The smallest absolute Gasteiger partial charge is 0.0548 e. The highest BCUT2D eigenvalue weighted by Crippen LogP contribution is 2.23. The fourth-order valence-electron chi connectivity index (χ4n) is 1.76. The van der Waals surface area contributed by atoms with Crippen molar-refractivity contribution in [2.45, 2.75) is 13.0 Å². The predicted octanol–water partition coefficient (Wildman–Crippen LogP) is 4.43. The molecule has 0 bridgehead atoms. The molecule has 0 radical (unpaired) electrons. The van der Waals surface area contributed by atoms with Gasteiger partial charge in [-0.25, -0.2) is 0 Å². The molecule has 0 aliphatic heterocycles. The van der Waals surface area contributed by atoms with Gasteiger partial charge < -0.3 is 5.32 Å². The minimum absolute atomic E-state index is 0.753. The van der Waals surface area contributed by atoms with Crippen LogP contribution in [0.15, 0.2) is 53.0 Å². The maximum atomic E-state index is 5.95. The van der Waals surface area contributed by atoms with Crippen LogP contribution in [0.3, 0.4) is 0 Å². The van der Waals surface area contributed by atoms with Crippen LogP contribution in [-0.2, 0) is 13.0 Å². The van der Waals surface area contributed by atoms with E-state index in [0.29, 0.717) is 0 Å². The van der Waals surface area contributed by atoms with E-state index in [9.17, 15) is 0 Å². The lowest BCUT2D eigenvalue weighted by Crippen LogP contribution is -2.16. The summed E-state index contributed by atoms with van der Waals surface area (Å²) < 4.78 is 0.950. The molecule has 3 heteroatoms. The third-order valence-electron chi connectivity index (χ3n) is 2.75. The molecule has 0 saturated carbocycles. The van der Waals surface area contributed by atoms with Gasteiger partial charge in [-0.3, -0.25) is 0 Å². The largest absolute Gasteiger partial charge is 0.312 e. The molecule has 0 aliphatic carbocycles. The lowest BCUT2D eigenvalue weighted by molar-refractivity contribution is 0.687. The number of hydrogen-bond donors (Lipinski definition) is 1. The minimum atomic E-state index is 0.753. The van der Waals surface area contributed by atoms with Crippen molar-refractivity contribution in [2.75, 3.05) is 6.54 Å². The molecular formula is C15H15BrClN. The Bertz CT molecular complexity index is 499. The molecule has 2 rings (SSSR count). The lowest BCUT2D eigenvalue weighted by Gasteiger charge is -2.06. The van der Waals surface area contributed by atoms with Gasteiger partial charge in [0.2, 0.25) is 0 Å². The third-order valence-corrected chi connectivity index (χ3v) is 3.96. The van der Waals surface area contributed by atoms with Gasteiger partial charge in [0.15, 0.2) is 0 Å². The molecule has 0 aromatic heterocycles. The van der Waals surface area contributed by atoms with Crippen molar-refractivity contribution in [3.8, 4) is 0 Å². The van der Waals surface area contributed by atoms with E-state index >= 15 is 0 Å². The zero-order valence-corrected chi connectivity index (χ0v) is 12.3. The van der Waals surface area contributed by atoms with Crippen molar-refractivity contribution in [1.82, 2.24) is 5.32 Å². The van der Waals surface area contributed by atoms with Crippen LogP contribution in [0.5, 0.6) is 0 Å². The quantitative estimate of drug-likeness (QED) is 0.802. The van der Waals surface area contributed by atoms with Crippen molar-refractivity contribution < 1.29 is 0 Å². The molecule has 94 valence electrons. The van der Waals surface area contributed by atoms with Crippen LogP contribution in [0.2, 0.25) is 5.02 Å². The summed E-state index contributed by atoms with van der Waals surface area (Å²) in [6.45, 7) is 1.84. The van der Waals surface area contributed by atoms with Gasteiger partial charge in [0.1, 0.15) is 0 Å². The fourth-order valence-corrected chi connectivity index (χ4v) is 2.30. The standard InChI is InChI=1S/C15H15BrClN/c16-14-10-13(6-7-15(14)17)11-18-9-8-12-4-2-1-3-5-12/h1-7,10,18H,8-9,11H2. The SMILES string of the molecule is Clc1ccc(CNCCc2ccccc2)cc1Br. The van der Waals surface area contributed by atoms with E-state index in [0.717, 1.165) is 29.0 Å². The van der Waals surface area contributed by atoms with Gasteiger partial charge in [-0.1, -0.05) is 48.0 Å². The van der Waals surface area contributed by atoms with Gasteiger partial charge in [0.05, 0.1) is 5.02 Å². The van der Waals surface area contributed by atoms with Crippen molar-refractivity contribution in [2.24, 2.45) is 0 Å². The summed E-state index contributed by atoms with van der Waals surface area (Å²) in [6, 6.07) is 16.5. The van der Waals surface area contributed by atoms with E-state index in [1.807, 2.05) is 18.2 Å². The van der Waals surface area contributed by atoms with Gasteiger partial charge in [-0.2, -0.15) is 0 Å². The summed E-state index contributed by atoms with van der Waals surface area (Å²) in [5.41, 5.74) is 2.60. The van der Waals surface area contributed by atoms with Crippen LogP contribution in [0, 0.1) is 0 Å². The molecule has 2 aromatic rings. The normalized spacial score (nSPS) is 10.6. The maximum absolute atomic E-state index is 5.95. The molecule has 0 amide bonds. The second kappa shape index (κ2) is 6.93. The number of nitrogens with one attached hydrogen (secondary N) is 1. The molecule has 0 unspecified atom stereocenters. The number of rotatable bonds is 5. The van der Waals surface area contributed by atoms with Crippen LogP contribution < -0.4 is 5.32 Å². The summed E-state index contributed by atoms with van der Waals surface area (Å²) in [4.78, 5) is 0. The monoisotopic (exact) mass is 323 g/mol. The molecule has 0 fully saturated rings. The molecule has 2 aromatic carbocycles. The first kappa shape index (κ1) is 13.6. The van der Waals surface area contributed by atoms with Crippen molar-refractivity contribution >= 4 is 27.5 Å². The van der Waals surface area contributed by atoms with Gasteiger partial charge in [-0.05, 0) is 52.2 Å². The summed E-state index contributed by atoms with van der Waals surface area (Å²) >= 11 is 9.39. The van der Waals surface area contributed by atoms with Gasteiger partial charge >= 0.3 is 0 Å². The molecule has 0 saturated heterocycles. The zero-order chi connectivity index (χ0) is 12.8. The zero-order valence-electron chi connectivity index (χ0n) is 10.00. The average Bonchev–Trinajstić information content (AvgIpc) is 2.40. The van der Waals surface area contributed by atoms with E-state index in [1.165, 1.54) is 11.1 Å². The summed E-state index contributed by atoms with van der Waals surface area (Å²) in [7, 11) is 0. The predicted molar refractivity (Wildman–Crippen MR) is 81.0 cm³/mol. The Morgan fingerprint density at radius 3 is 2.50 bits per heavy atom. The number of halogens is 2. The Morgan fingerprint density at radius 1 is 1.00 bits per heavy atom. The van der Waals surface area contributed by atoms with E-state index < -0.39 is 0 Å². The first-order valence-electron chi connectivity index (χ1n) is 5.94. The molecule has 1 nitrogen and oxygen atoms in total. The Kier molecular flexibility index (Phi) is 5.24. The van der Waals surface area contributed by atoms with Crippen molar-refractivity contribution in [3.63, 3.8) is 0 Å². The first-order valence-corrected chi connectivity index (χ1v) is 7.11. The molecule has 0 atom stereocenters. The highest BCUT2D eigenvalue weighted by atomic mass is 79.9. The Morgan fingerprint density at radius 2 is 1.78 bits per heavy atom. The number of benzene rings is 2. The molecule has 18 heavy (non-hydrogen) atoms. The van der Waals surface area contributed by atoms with E-state index in [-0.39, 0.29) is 0 Å². The van der Waals surface area contributed by atoms with Crippen LogP contribution >= 0.6 is 27.5 Å². The topological polar surface area (TPSA) is 12.0 Å². The molecule has 1 N–H and O–H groups in total. The molecule has 0 heterocycles. The van der Waals surface area contributed by atoms with Crippen LogP contribution in [0.4, 0.5) is 0 Å². The van der Waals surface area contributed by atoms with Gasteiger partial charge in [0.25, 0.3) is 0 Å². The van der Waals surface area contributed by atoms with E-state index in [1.54, 1.807) is 0 Å².